The Morgan fingerprint density at radius 2 is 1.71 bits per heavy atom. The first-order valence-corrected chi connectivity index (χ1v) is 6.59. The van der Waals surface area contributed by atoms with Crippen molar-refractivity contribution in [1.82, 2.24) is 0 Å². The van der Waals surface area contributed by atoms with E-state index in [1.165, 1.54) is 0 Å². The zero-order chi connectivity index (χ0) is 12.8. The number of halogens is 1. The zero-order valence-electron chi connectivity index (χ0n) is 10.4. The van der Waals surface area contributed by atoms with Crippen molar-refractivity contribution >= 4 is 11.6 Å². The third-order valence-electron chi connectivity index (χ3n) is 3.17. The first kappa shape index (κ1) is 14.5. The van der Waals surface area contributed by atoms with Crippen LogP contribution in [0.15, 0.2) is 24.3 Å². The van der Waals surface area contributed by atoms with Crippen molar-refractivity contribution in [2.45, 2.75) is 45.3 Å². The van der Waals surface area contributed by atoms with Crippen LogP contribution in [-0.4, -0.2) is 16.3 Å². The molecule has 0 aromatic heterocycles. The molecule has 0 bridgehead atoms. The van der Waals surface area contributed by atoms with Crippen molar-refractivity contribution in [1.29, 1.82) is 0 Å². The van der Waals surface area contributed by atoms with Gasteiger partial charge in [-0.25, -0.2) is 0 Å². The topological polar surface area (TPSA) is 40.5 Å². The zero-order valence-corrected chi connectivity index (χ0v) is 11.2. The van der Waals surface area contributed by atoms with Crippen molar-refractivity contribution in [2.75, 3.05) is 0 Å². The molecule has 2 nitrogen and oxygen atoms in total. The Labute approximate surface area is 108 Å². The largest absolute Gasteiger partial charge is 0.393 e. The van der Waals surface area contributed by atoms with Crippen LogP contribution in [0, 0.1) is 5.92 Å². The van der Waals surface area contributed by atoms with E-state index >= 15 is 0 Å². The van der Waals surface area contributed by atoms with Crippen LogP contribution < -0.4 is 0 Å². The molecule has 0 unspecified atom stereocenters. The summed E-state index contributed by atoms with van der Waals surface area (Å²) in [7, 11) is 0. The summed E-state index contributed by atoms with van der Waals surface area (Å²) < 4.78 is 0. The van der Waals surface area contributed by atoms with Crippen LogP contribution in [0.2, 0.25) is 5.02 Å². The summed E-state index contributed by atoms with van der Waals surface area (Å²) in [6.45, 7) is 4.02. The van der Waals surface area contributed by atoms with Gasteiger partial charge in [-0.15, -0.1) is 0 Å². The maximum Gasteiger partial charge on any atom is 0.0842 e. The standard InChI is InChI=1S/C14H21ClO2/c1-3-5-13(16)12(4-2)14(17)10-6-8-11(15)9-7-10/h6-9,12-14,16-17H,3-5H2,1-2H3/t12-,13+,14+/m0/s1. The predicted molar refractivity (Wildman–Crippen MR) is 71.1 cm³/mol. The van der Waals surface area contributed by atoms with Gasteiger partial charge in [0.05, 0.1) is 12.2 Å². The summed E-state index contributed by atoms with van der Waals surface area (Å²) >= 11 is 5.81. The second-order valence-corrected chi connectivity index (χ2v) is 4.86. The maximum absolute atomic E-state index is 10.3. The first-order chi connectivity index (χ1) is 8.10. The fourth-order valence-corrected chi connectivity index (χ4v) is 2.25. The SMILES string of the molecule is CCC[C@@H](O)[C@H](CC)[C@H](O)c1ccc(Cl)cc1. The van der Waals surface area contributed by atoms with Gasteiger partial charge in [0.15, 0.2) is 0 Å². The van der Waals surface area contributed by atoms with E-state index in [1.807, 2.05) is 26.0 Å². The lowest BCUT2D eigenvalue weighted by Gasteiger charge is -2.26. The Hall–Kier alpha value is -0.570. The molecule has 0 aliphatic carbocycles. The van der Waals surface area contributed by atoms with Gasteiger partial charge in [-0.3, -0.25) is 0 Å². The minimum Gasteiger partial charge on any atom is -0.393 e. The summed E-state index contributed by atoms with van der Waals surface area (Å²) in [5.41, 5.74) is 0.816. The lowest BCUT2D eigenvalue weighted by atomic mass is 9.87. The smallest absolute Gasteiger partial charge is 0.0842 e. The van der Waals surface area contributed by atoms with Crippen LogP contribution in [0.3, 0.4) is 0 Å². The quantitative estimate of drug-likeness (QED) is 0.817. The fraction of sp³-hybridized carbons (Fsp3) is 0.571. The van der Waals surface area contributed by atoms with Gasteiger partial charge in [0.25, 0.3) is 0 Å². The molecule has 1 rings (SSSR count). The lowest BCUT2D eigenvalue weighted by molar-refractivity contribution is 0.00484. The van der Waals surface area contributed by atoms with Crippen LogP contribution in [0.4, 0.5) is 0 Å². The van der Waals surface area contributed by atoms with E-state index < -0.39 is 12.2 Å². The minimum atomic E-state index is -0.626. The molecule has 3 atom stereocenters. The van der Waals surface area contributed by atoms with Gasteiger partial charge in [-0.05, 0) is 30.5 Å². The van der Waals surface area contributed by atoms with E-state index in [-0.39, 0.29) is 5.92 Å². The molecule has 1 aromatic carbocycles. The number of rotatable bonds is 6. The van der Waals surface area contributed by atoms with Gasteiger partial charge >= 0.3 is 0 Å². The Balaban J connectivity index is 2.78. The van der Waals surface area contributed by atoms with Crippen molar-refractivity contribution in [3.63, 3.8) is 0 Å². The van der Waals surface area contributed by atoms with E-state index in [9.17, 15) is 10.2 Å². The van der Waals surface area contributed by atoms with Gasteiger partial charge in [-0.1, -0.05) is 44.0 Å². The van der Waals surface area contributed by atoms with Crippen molar-refractivity contribution in [3.05, 3.63) is 34.9 Å². The molecule has 0 saturated carbocycles. The molecule has 0 heterocycles. The molecule has 17 heavy (non-hydrogen) atoms. The molecule has 0 aliphatic rings. The molecule has 2 N–H and O–H groups in total. The van der Waals surface area contributed by atoms with Gasteiger partial charge in [0.1, 0.15) is 0 Å². The van der Waals surface area contributed by atoms with Crippen LogP contribution in [0.5, 0.6) is 0 Å². The highest BCUT2D eigenvalue weighted by Crippen LogP contribution is 2.29. The molecule has 0 spiro atoms. The summed E-state index contributed by atoms with van der Waals surface area (Å²) in [5.74, 6) is -0.115. The minimum absolute atomic E-state index is 0.115. The molecule has 0 amide bonds. The van der Waals surface area contributed by atoms with Gasteiger partial charge in [0, 0.05) is 10.9 Å². The molecule has 0 fully saturated rings. The average Bonchev–Trinajstić information content (AvgIpc) is 2.31. The summed E-state index contributed by atoms with van der Waals surface area (Å²) in [5, 5.41) is 20.9. The lowest BCUT2D eigenvalue weighted by Crippen LogP contribution is -2.26. The van der Waals surface area contributed by atoms with Crippen LogP contribution in [-0.2, 0) is 0 Å². The maximum atomic E-state index is 10.3. The normalized spacial score (nSPS) is 16.5. The molecule has 3 heteroatoms. The molecule has 0 saturated heterocycles. The molecule has 1 aromatic rings. The Morgan fingerprint density at radius 3 is 2.18 bits per heavy atom. The van der Waals surface area contributed by atoms with Crippen LogP contribution >= 0.6 is 11.6 Å². The molecular formula is C14H21ClO2. The van der Waals surface area contributed by atoms with E-state index in [0.717, 1.165) is 24.8 Å². The van der Waals surface area contributed by atoms with Gasteiger partial charge in [0.2, 0.25) is 0 Å². The Bertz CT molecular complexity index is 323. The summed E-state index contributed by atoms with van der Waals surface area (Å²) in [6, 6.07) is 7.15. The van der Waals surface area contributed by atoms with E-state index in [4.69, 9.17) is 11.6 Å². The average molecular weight is 257 g/mol. The first-order valence-electron chi connectivity index (χ1n) is 6.21. The molecule has 0 radical (unpaired) electrons. The second kappa shape index (κ2) is 7.00. The van der Waals surface area contributed by atoms with Crippen LogP contribution in [0.25, 0.3) is 0 Å². The molecule has 96 valence electrons. The Morgan fingerprint density at radius 1 is 1.12 bits per heavy atom. The van der Waals surface area contributed by atoms with Crippen molar-refractivity contribution < 1.29 is 10.2 Å². The Kier molecular flexibility index (Phi) is 5.96. The summed E-state index contributed by atoms with van der Waals surface area (Å²) in [6.07, 6.45) is 1.33. The van der Waals surface area contributed by atoms with E-state index in [0.29, 0.717) is 5.02 Å². The number of benzene rings is 1. The number of hydrogen-bond donors (Lipinski definition) is 2. The highest BCUT2D eigenvalue weighted by atomic mass is 35.5. The van der Waals surface area contributed by atoms with Crippen molar-refractivity contribution in [3.8, 4) is 0 Å². The van der Waals surface area contributed by atoms with Crippen LogP contribution in [0.1, 0.15) is 44.8 Å². The van der Waals surface area contributed by atoms with E-state index in [2.05, 4.69) is 0 Å². The van der Waals surface area contributed by atoms with E-state index in [1.54, 1.807) is 12.1 Å². The van der Waals surface area contributed by atoms with Gasteiger partial charge < -0.3 is 10.2 Å². The highest BCUT2D eigenvalue weighted by molar-refractivity contribution is 6.30. The fourth-order valence-electron chi connectivity index (χ4n) is 2.12. The second-order valence-electron chi connectivity index (χ2n) is 4.42. The monoisotopic (exact) mass is 256 g/mol. The third-order valence-corrected chi connectivity index (χ3v) is 3.42. The number of aliphatic hydroxyl groups excluding tert-OH is 2. The van der Waals surface area contributed by atoms with Gasteiger partial charge in [-0.2, -0.15) is 0 Å². The molecule has 0 aliphatic heterocycles. The molecular weight excluding hydrogens is 236 g/mol. The number of aliphatic hydroxyl groups is 2. The third kappa shape index (κ3) is 3.98. The predicted octanol–water partition coefficient (Wildman–Crippen LogP) is 3.56. The van der Waals surface area contributed by atoms with Crippen molar-refractivity contribution in [2.24, 2.45) is 5.92 Å². The number of hydrogen-bond acceptors (Lipinski definition) is 2. The summed E-state index contributed by atoms with van der Waals surface area (Å²) in [4.78, 5) is 0. The highest BCUT2D eigenvalue weighted by Gasteiger charge is 2.25.